The number of nitrogens with zero attached hydrogens (tertiary/aromatic N) is 1. The summed E-state index contributed by atoms with van der Waals surface area (Å²) in [6, 6.07) is 16.2. The van der Waals surface area contributed by atoms with Crippen LogP contribution < -0.4 is 10.2 Å². The third-order valence-electron chi connectivity index (χ3n) is 3.44. The number of hydrogen-bond donors (Lipinski definition) is 1. The van der Waals surface area contributed by atoms with Gasteiger partial charge >= 0.3 is 12.0 Å². The molecule has 0 radical (unpaired) electrons. The minimum Gasteiger partial charge on any atom is -0.463 e. The Morgan fingerprint density at radius 3 is 2.57 bits per heavy atom. The van der Waals surface area contributed by atoms with Crippen LogP contribution in [0.4, 0.5) is 16.2 Å². The summed E-state index contributed by atoms with van der Waals surface area (Å²) in [5.41, 5.74) is 2.60. The maximum atomic E-state index is 12.5. The van der Waals surface area contributed by atoms with Crippen LogP contribution in [0.1, 0.15) is 12.5 Å². The van der Waals surface area contributed by atoms with Crippen LogP contribution in [0.2, 0.25) is 0 Å². The highest BCUT2D eigenvalue weighted by molar-refractivity contribution is 6.18. The van der Waals surface area contributed by atoms with Gasteiger partial charge in [0.1, 0.15) is 0 Å². The molecule has 0 unspecified atom stereocenters. The Morgan fingerprint density at radius 1 is 1.13 bits per heavy atom. The summed E-state index contributed by atoms with van der Waals surface area (Å²) in [6.07, 6.45) is 1.36. The average Bonchev–Trinajstić information content (AvgIpc) is 2.56. The number of rotatable bonds is 3. The molecule has 1 aliphatic heterocycles. The molecule has 0 spiro atoms. The number of urea groups is 1. The lowest BCUT2D eigenvalue weighted by molar-refractivity contribution is -0.137. The van der Waals surface area contributed by atoms with Gasteiger partial charge < -0.3 is 10.1 Å². The first-order chi connectivity index (χ1) is 11.2. The molecule has 2 aromatic carbocycles. The maximum absolute atomic E-state index is 12.5. The lowest BCUT2D eigenvalue weighted by atomic mass is 10.0. The van der Waals surface area contributed by atoms with Gasteiger partial charge in [-0.05, 0) is 25.1 Å². The number of carbonyl (C=O) groups excluding carboxylic acids is 2. The number of para-hydroxylation sites is 2. The molecule has 2 amide bonds. The third kappa shape index (κ3) is 2.94. The number of nitrogens with one attached hydrogen (secondary N) is 1. The molecular weight excluding hydrogens is 292 g/mol. The highest BCUT2D eigenvalue weighted by Crippen LogP contribution is 2.35. The van der Waals surface area contributed by atoms with E-state index < -0.39 is 5.97 Å². The van der Waals surface area contributed by atoms with Crippen molar-refractivity contribution in [3.05, 3.63) is 66.2 Å². The fraction of sp³-hybridized carbons (Fsp3) is 0.111. The van der Waals surface area contributed by atoms with Crippen LogP contribution in [0, 0.1) is 0 Å². The number of anilines is 2. The number of hydrogen-bond acceptors (Lipinski definition) is 3. The van der Waals surface area contributed by atoms with Gasteiger partial charge in [0.2, 0.25) is 0 Å². The van der Waals surface area contributed by atoms with E-state index in [4.69, 9.17) is 4.74 Å². The standard InChI is InChI=1S/C18H16N2O3/c1-2-23-17(21)12-16-14-10-6-7-11-15(14)19-18(22)20(16)13-8-4-3-5-9-13/h3-12H,2H2,1H3,(H,19,22)/b16-12-. The van der Waals surface area contributed by atoms with Gasteiger partial charge in [0, 0.05) is 11.6 Å². The number of esters is 1. The SMILES string of the molecule is CCOC(=O)/C=C1/c2ccccc2NC(=O)N1c1ccccc1. The van der Waals surface area contributed by atoms with E-state index in [2.05, 4.69) is 5.32 Å². The molecular formula is C18H16N2O3. The molecule has 5 nitrogen and oxygen atoms in total. The molecule has 2 aromatic rings. The van der Waals surface area contributed by atoms with Crippen LogP contribution in [0.25, 0.3) is 5.70 Å². The van der Waals surface area contributed by atoms with Gasteiger partial charge in [-0.2, -0.15) is 0 Å². The first-order valence-corrected chi connectivity index (χ1v) is 7.34. The van der Waals surface area contributed by atoms with Crippen molar-refractivity contribution in [1.29, 1.82) is 0 Å². The molecule has 0 bridgehead atoms. The maximum Gasteiger partial charge on any atom is 0.332 e. The Morgan fingerprint density at radius 2 is 1.83 bits per heavy atom. The quantitative estimate of drug-likeness (QED) is 0.695. The number of amides is 2. The van der Waals surface area contributed by atoms with Crippen molar-refractivity contribution in [2.75, 3.05) is 16.8 Å². The van der Waals surface area contributed by atoms with Crippen molar-refractivity contribution < 1.29 is 14.3 Å². The lowest BCUT2D eigenvalue weighted by Crippen LogP contribution is -2.38. The second-order valence-electron chi connectivity index (χ2n) is 4.93. The van der Waals surface area contributed by atoms with Crippen LogP contribution in [0.5, 0.6) is 0 Å². The minimum absolute atomic E-state index is 0.280. The molecule has 0 saturated heterocycles. The van der Waals surface area contributed by atoms with E-state index >= 15 is 0 Å². The zero-order chi connectivity index (χ0) is 16.2. The molecule has 1 aliphatic rings. The number of fused-ring (bicyclic) bond motifs is 1. The average molecular weight is 308 g/mol. The zero-order valence-electron chi connectivity index (χ0n) is 12.7. The van der Waals surface area contributed by atoms with Crippen molar-refractivity contribution >= 4 is 29.1 Å². The molecule has 0 aromatic heterocycles. The van der Waals surface area contributed by atoms with Gasteiger partial charge in [-0.25, -0.2) is 9.59 Å². The van der Waals surface area contributed by atoms with Gasteiger partial charge in [0.05, 0.1) is 23.7 Å². The Kier molecular flexibility index (Phi) is 4.10. The Balaban J connectivity index is 2.14. The molecule has 0 fully saturated rings. The van der Waals surface area contributed by atoms with E-state index in [0.29, 0.717) is 17.1 Å². The molecule has 23 heavy (non-hydrogen) atoms. The second kappa shape index (κ2) is 6.36. The van der Waals surface area contributed by atoms with E-state index in [1.54, 1.807) is 13.0 Å². The van der Waals surface area contributed by atoms with Crippen molar-refractivity contribution in [3.63, 3.8) is 0 Å². The molecule has 5 heteroatoms. The predicted molar refractivity (Wildman–Crippen MR) is 89.0 cm³/mol. The van der Waals surface area contributed by atoms with Gasteiger partial charge in [0.15, 0.2) is 0 Å². The summed E-state index contributed by atoms with van der Waals surface area (Å²) < 4.78 is 5.01. The summed E-state index contributed by atoms with van der Waals surface area (Å²) in [5, 5.41) is 2.84. The summed E-state index contributed by atoms with van der Waals surface area (Å²) in [7, 11) is 0. The first-order valence-electron chi connectivity index (χ1n) is 7.34. The smallest absolute Gasteiger partial charge is 0.332 e. The second-order valence-corrected chi connectivity index (χ2v) is 4.93. The van der Waals surface area contributed by atoms with Gasteiger partial charge in [0.25, 0.3) is 0 Å². The largest absolute Gasteiger partial charge is 0.463 e. The Labute approximate surface area is 134 Å². The number of benzene rings is 2. The van der Waals surface area contributed by atoms with Crippen molar-refractivity contribution in [2.24, 2.45) is 0 Å². The van der Waals surface area contributed by atoms with E-state index in [0.717, 1.165) is 5.56 Å². The summed E-state index contributed by atoms with van der Waals surface area (Å²) in [6.45, 7) is 2.02. The van der Waals surface area contributed by atoms with Crippen LogP contribution >= 0.6 is 0 Å². The van der Waals surface area contributed by atoms with E-state index in [9.17, 15) is 9.59 Å². The molecule has 3 rings (SSSR count). The van der Waals surface area contributed by atoms with Gasteiger partial charge in [-0.3, -0.25) is 4.90 Å². The van der Waals surface area contributed by atoms with Crippen LogP contribution in [-0.4, -0.2) is 18.6 Å². The van der Waals surface area contributed by atoms with Crippen molar-refractivity contribution in [2.45, 2.75) is 6.92 Å². The summed E-state index contributed by atoms with van der Waals surface area (Å²) in [4.78, 5) is 25.9. The topological polar surface area (TPSA) is 58.6 Å². The molecule has 1 N–H and O–H groups in total. The normalized spacial score (nSPS) is 15.1. The predicted octanol–water partition coefficient (Wildman–Crippen LogP) is 3.64. The molecule has 116 valence electrons. The third-order valence-corrected chi connectivity index (χ3v) is 3.44. The summed E-state index contributed by atoms with van der Waals surface area (Å²) in [5.74, 6) is -0.479. The Bertz CT molecular complexity index is 769. The Hall–Kier alpha value is -3.08. The molecule has 0 saturated carbocycles. The monoisotopic (exact) mass is 308 g/mol. The van der Waals surface area contributed by atoms with Gasteiger partial charge in [-0.15, -0.1) is 0 Å². The van der Waals surface area contributed by atoms with E-state index in [-0.39, 0.29) is 12.6 Å². The fourth-order valence-electron chi connectivity index (χ4n) is 2.49. The van der Waals surface area contributed by atoms with Crippen molar-refractivity contribution in [1.82, 2.24) is 0 Å². The summed E-state index contributed by atoms with van der Waals surface area (Å²) >= 11 is 0. The van der Waals surface area contributed by atoms with E-state index in [1.807, 2.05) is 48.5 Å². The van der Waals surface area contributed by atoms with Crippen LogP contribution in [-0.2, 0) is 9.53 Å². The highest BCUT2D eigenvalue weighted by Gasteiger charge is 2.29. The van der Waals surface area contributed by atoms with Crippen LogP contribution in [0.15, 0.2) is 60.7 Å². The fourth-order valence-corrected chi connectivity index (χ4v) is 2.49. The van der Waals surface area contributed by atoms with Crippen molar-refractivity contribution in [3.8, 4) is 0 Å². The first kappa shape index (κ1) is 14.8. The van der Waals surface area contributed by atoms with Crippen LogP contribution in [0.3, 0.4) is 0 Å². The zero-order valence-corrected chi connectivity index (χ0v) is 12.7. The number of carbonyl (C=O) groups is 2. The molecule has 0 aliphatic carbocycles. The van der Waals surface area contributed by atoms with Gasteiger partial charge in [-0.1, -0.05) is 36.4 Å². The highest BCUT2D eigenvalue weighted by atomic mass is 16.5. The number of ether oxygens (including phenoxy) is 1. The lowest BCUT2D eigenvalue weighted by Gasteiger charge is -2.31. The molecule has 0 atom stereocenters. The van der Waals surface area contributed by atoms with E-state index in [1.165, 1.54) is 11.0 Å². The molecule has 1 heterocycles. The minimum atomic E-state index is -0.479.